The van der Waals surface area contributed by atoms with Gasteiger partial charge in [0, 0.05) is 16.8 Å². The highest BCUT2D eigenvalue weighted by molar-refractivity contribution is 5.96. The number of methoxy groups -OCH3 is 1. The van der Waals surface area contributed by atoms with Gasteiger partial charge in [-0.15, -0.1) is 0 Å². The zero-order chi connectivity index (χ0) is 14.0. The number of pyridine rings is 1. The Balaban J connectivity index is 2.45. The van der Waals surface area contributed by atoms with Gasteiger partial charge in [0.15, 0.2) is 0 Å². The molecule has 0 bridgehead atoms. The number of ether oxygens (including phenoxy) is 1. The first-order chi connectivity index (χ1) is 9.02. The molecule has 4 nitrogen and oxygen atoms in total. The van der Waals surface area contributed by atoms with Crippen molar-refractivity contribution in [2.75, 3.05) is 7.11 Å². The van der Waals surface area contributed by atoms with Crippen molar-refractivity contribution in [3.63, 3.8) is 0 Å². The third-order valence-corrected chi connectivity index (χ3v) is 3.07. The van der Waals surface area contributed by atoms with Gasteiger partial charge in [0.2, 0.25) is 0 Å². The van der Waals surface area contributed by atoms with E-state index in [4.69, 9.17) is 15.9 Å². The summed E-state index contributed by atoms with van der Waals surface area (Å²) in [5.41, 5.74) is 9.89. The first kappa shape index (κ1) is 13.1. The third kappa shape index (κ3) is 2.57. The average Bonchev–Trinajstić information content (AvgIpc) is 2.38. The number of aryl methyl sites for hydroxylation is 2. The van der Waals surface area contributed by atoms with E-state index in [1.54, 1.807) is 7.11 Å². The Labute approximate surface area is 112 Å². The van der Waals surface area contributed by atoms with E-state index in [0.29, 0.717) is 5.56 Å². The number of nitrogens with one attached hydrogen (secondary N) is 1. The van der Waals surface area contributed by atoms with Crippen LogP contribution >= 0.6 is 0 Å². The number of hydrogen-bond acceptors (Lipinski definition) is 3. The topological polar surface area (TPSA) is 72.0 Å². The molecule has 0 spiro atoms. The van der Waals surface area contributed by atoms with Crippen molar-refractivity contribution in [3.05, 3.63) is 47.2 Å². The van der Waals surface area contributed by atoms with E-state index < -0.39 is 0 Å². The van der Waals surface area contributed by atoms with Crippen LogP contribution in [0.3, 0.4) is 0 Å². The largest absolute Gasteiger partial charge is 0.496 e. The number of nitrogens with zero attached hydrogens (tertiary/aromatic N) is 1. The number of nitrogen functional groups attached to an aromatic ring is 1. The molecule has 1 heterocycles. The molecule has 19 heavy (non-hydrogen) atoms. The molecule has 2 rings (SSSR count). The number of amidine groups is 1. The third-order valence-electron chi connectivity index (χ3n) is 3.07. The second kappa shape index (κ2) is 5.10. The minimum absolute atomic E-state index is 0.0439. The van der Waals surface area contributed by atoms with Crippen LogP contribution in [0.2, 0.25) is 0 Å². The molecule has 0 atom stereocenters. The average molecular weight is 255 g/mol. The molecule has 1 aromatic heterocycles. The van der Waals surface area contributed by atoms with Crippen molar-refractivity contribution >= 4 is 5.84 Å². The highest BCUT2D eigenvalue weighted by Gasteiger charge is 2.07. The Bertz CT molecular complexity index is 635. The fourth-order valence-corrected chi connectivity index (χ4v) is 2.04. The monoisotopic (exact) mass is 255 g/mol. The summed E-state index contributed by atoms with van der Waals surface area (Å²) in [5, 5.41) is 7.46. The molecule has 0 unspecified atom stereocenters. The van der Waals surface area contributed by atoms with Crippen molar-refractivity contribution in [1.82, 2.24) is 4.98 Å². The van der Waals surface area contributed by atoms with Crippen LogP contribution in [0.15, 0.2) is 30.3 Å². The molecule has 1 aromatic carbocycles. The predicted octanol–water partition coefficient (Wildman–Crippen LogP) is 2.66. The van der Waals surface area contributed by atoms with Crippen molar-refractivity contribution in [1.29, 1.82) is 5.41 Å². The SMILES string of the molecule is COc1ccc(-c2ccc(C(=N)N)c(C)n2)cc1C. The maximum atomic E-state index is 7.46. The predicted molar refractivity (Wildman–Crippen MR) is 76.7 cm³/mol. The number of nitrogens with two attached hydrogens (primary N) is 1. The van der Waals surface area contributed by atoms with E-state index in [1.165, 1.54) is 0 Å². The van der Waals surface area contributed by atoms with Crippen LogP contribution in [-0.2, 0) is 0 Å². The van der Waals surface area contributed by atoms with Crippen LogP contribution in [0.25, 0.3) is 11.3 Å². The standard InChI is InChI=1S/C15H17N3O/c1-9-8-11(4-7-14(9)19-3)13-6-5-12(15(16)17)10(2)18-13/h4-8H,1-3H3,(H3,16,17). The number of aromatic nitrogens is 1. The zero-order valence-corrected chi connectivity index (χ0v) is 11.3. The first-order valence-electron chi connectivity index (χ1n) is 6.00. The van der Waals surface area contributed by atoms with Crippen LogP contribution in [0.4, 0.5) is 0 Å². The van der Waals surface area contributed by atoms with Gasteiger partial charge in [0.05, 0.1) is 12.8 Å². The van der Waals surface area contributed by atoms with Gasteiger partial charge in [-0.2, -0.15) is 0 Å². The molecule has 0 amide bonds. The maximum Gasteiger partial charge on any atom is 0.124 e. The van der Waals surface area contributed by atoms with Crippen molar-refractivity contribution in [2.45, 2.75) is 13.8 Å². The molecule has 4 heteroatoms. The molecule has 0 saturated carbocycles. The zero-order valence-electron chi connectivity index (χ0n) is 11.3. The van der Waals surface area contributed by atoms with Gasteiger partial charge < -0.3 is 10.5 Å². The summed E-state index contributed by atoms with van der Waals surface area (Å²) >= 11 is 0. The summed E-state index contributed by atoms with van der Waals surface area (Å²) in [6.45, 7) is 3.86. The van der Waals surface area contributed by atoms with E-state index in [0.717, 1.165) is 28.3 Å². The van der Waals surface area contributed by atoms with Gasteiger partial charge in [-0.3, -0.25) is 10.4 Å². The molecule has 2 aromatic rings. The Kier molecular flexibility index (Phi) is 3.51. The van der Waals surface area contributed by atoms with Crippen LogP contribution < -0.4 is 10.5 Å². The molecule has 3 N–H and O–H groups in total. The molecule has 0 aliphatic heterocycles. The maximum absolute atomic E-state index is 7.46. The highest BCUT2D eigenvalue weighted by Crippen LogP contribution is 2.25. The number of benzene rings is 1. The minimum atomic E-state index is 0.0439. The van der Waals surface area contributed by atoms with Gasteiger partial charge in [-0.1, -0.05) is 0 Å². The van der Waals surface area contributed by atoms with Crippen molar-refractivity contribution in [2.24, 2.45) is 5.73 Å². The van der Waals surface area contributed by atoms with Gasteiger partial charge in [-0.05, 0) is 49.7 Å². The normalized spacial score (nSPS) is 10.3. The summed E-state index contributed by atoms with van der Waals surface area (Å²) in [7, 11) is 1.66. The molecule has 0 saturated heterocycles. The first-order valence-corrected chi connectivity index (χ1v) is 6.00. The fourth-order valence-electron chi connectivity index (χ4n) is 2.04. The van der Waals surface area contributed by atoms with Crippen LogP contribution in [0.5, 0.6) is 5.75 Å². The quantitative estimate of drug-likeness (QED) is 0.654. The lowest BCUT2D eigenvalue weighted by Crippen LogP contribution is -2.13. The highest BCUT2D eigenvalue weighted by atomic mass is 16.5. The summed E-state index contributed by atoms with van der Waals surface area (Å²) in [6, 6.07) is 9.65. The van der Waals surface area contributed by atoms with E-state index in [9.17, 15) is 0 Å². The van der Waals surface area contributed by atoms with Crippen LogP contribution in [0.1, 0.15) is 16.8 Å². The van der Waals surface area contributed by atoms with Gasteiger partial charge in [-0.25, -0.2) is 0 Å². The molecule has 98 valence electrons. The van der Waals surface area contributed by atoms with Crippen LogP contribution in [0, 0.1) is 19.3 Å². The minimum Gasteiger partial charge on any atom is -0.496 e. The number of rotatable bonds is 3. The van der Waals surface area contributed by atoms with E-state index in [1.807, 2.05) is 44.2 Å². The summed E-state index contributed by atoms with van der Waals surface area (Å²) in [4.78, 5) is 4.50. The summed E-state index contributed by atoms with van der Waals surface area (Å²) < 4.78 is 5.25. The van der Waals surface area contributed by atoms with E-state index >= 15 is 0 Å². The lowest BCUT2D eigenvalue weighted by atomic mass is 10.1. The van der Waals surface area contributed by atoms with Crippen molar-refractivity contribution < 1.29 is 4.74 Å². The second-order valence-electron chi connectivity index (χ2n) is 4.43. The smallest absolute Gasteiger partial charge is 0.124 e. The van der Waals surface area contributed by atoms with E-state index in [2.05, 4.69) is 4.98 Å². The van der Waals surface area contributed by atoms with Gasteiger partial charge >= 0.3 is 0 Å². The fraction of sp³-hybridized carbons (Fsp3) is 0.200. The lowest BCUT2D eigenvalue weighted by molar-refractivity contribution is 0.412. The summed E-state index contributed by atoms with van der Waals surface area (Å²) in [6.07, 6.45) is 0. The summed E-state index contributed by atoms with van der Waals surface area (Å²) in [5.74, 6) is 0.906. The lowest BCUT2D eigenvalue weighted by Gasteiger charge is -2.09. The molecular weight excluding hydrogens is 238 g/mol. The Morgan fingerprint density at radius 1 is 1.21 bits per heavy atom. The molecular formula is C15H17N3O. The Morgan fingerprint density at radius 2 is 1.95 bits per heavy atom. The van der Waals surface area contributed by atoms with Crippen molar-refractivity contribution in [3.8, 4) is 17.0 Å². The number of hydrogen-bond donors (Lipinski definition) is 2. The second-order valence-corrected chi connectivity index (χ2v) is 4.43. The molecule has 0 aliphatic rings. The van der Waals surface area contributed by atoms with Crippen LogP contribution in [-0.4, -0.2) is 17.9 Å². The molecule has 0 radical (unpaired) electrons. The Morgan fingerprint density at radius 3 is 2.47 bits per heavy atom. The molecule has 0 fully saturated rings. The van der Waals surface area contributed by atoms with Gasteiger partial charge in [0.25, 0.3) is 0 Å². The molecule has 0 aliphatic carbocycles. The Hall–Kier alpha value is -2.36. The van der Waals surface area contributed by atoms with E-state index in [-0.39, 0.29) is 5.84 Å². The van der Waals surface area contributed by atoms with Gasteiger partial charge in [0.1, 0.15) is 11.6 Å².